The average Bonchev–Trinajstić information content (AvgIpc) is 3.09. The number of rotatable bonds is 7. The first kappa shape index (κ1) is 23.4. The lowest BCUT2D eigenvalue weighted by atomic mass is 10.1. The van der Waals surface area contributed by atoms with E-state index in [0.717, 1.165) is 6.07 Å². The monoisotopic (exact) mass is 461 g/mol. The van der Waals surface area contributed by atoms with E-state index in [1.807, 2.05) is 0 Å². The number of aromatic nitrogens is 2. The van der Waals surface area contributed by atoms with Gasteiger partial charge >= 0.3 is 0 Å². The van der Waals surface area contributed by atoms with Crippen molar-refractivity contribution in [3.05, 3.63) is 82.2 Å². The fourth-order valence-corrected chi connectivity index (χ4v) is 4.65. The molecule has 0 aliphatic rings. The first-order valence-corrected chi connectivity index (χ1v) is 11.2. The van der Waals surface area contributed by atoms with Gasteiger partial charge in [0, 0.05) is 31.0 Å². The molecule has 11 heteroatoms. The molecule has 0 aliphatic carbocycles. The van der Waals surface area contributed by atoms with Crippen molar-refractivity contribution in [2.45, 2.75) is 37.2 Å². The average molecular weight is 462 g/mol. The minimum Gasteiger partial charge on any atom is -0.366 e. The quantitative estimate of drug-likeness (QED) is 0.409. The Labute approximate surface area is 185 Å². The van der Waals surface area contributed by atoms with Crippen LogP contribution in [-0.2, 0) is 17.1 Å². The second-order valence-electron chi connectivity index (χ2n) is 8.32. The third kappa shape index (κ3) is 5.29. The van der Waals surface area contributed by atoms with E-state index in [2.05, 4.69) is 15.0 Å². The zero-order valence-corrected chi connectivity index (χ0v) is 18.9. The molecule has 0 saturated heterocycles. The molecule has 1 atom stereocenters. The zero-order chi connectivity index (χ0) is 23.7. The lowest BCUT2D eigenvalue weighted by molar-refractivity contribution is -0.384. The number of halogens is 1. The standard InChI is InChI=1S/C21H24FN5O4S/c1-21(2,3)25-32(30,31)16-8-9-17(18(13-16)27(28)29)24-19(20-23-10-11-26(20)4)14-6-5-7-15(22)12-14/h5-13,19,24-25H,1-4H3/t19-/m0/s1. The Bertz CT molecular complexity index is 1250. The number of hydrogen-bond acceptors (Lipinski definition) is 6. The molecule has 0 saturated carbocycles. The molecule has 0 aliphatic heterocycles. The van der Waals surface area contributed by atoms with Crippen LogP contribution >= 0.6 is 0 Å². The normalized spacial score (nSPS) is 13.0. The Balaban J connectivity index is 2.07. The van der Waals surface area contributed by atoms with Crippen LogP contribution in [0.4, 0.5) is 15.8 Å². The van der Waals surface area contributed by atoms with E-state index in [4.69, 9.17) is 0 Å². The summed E-state index contributed by atoms with van der Waals surface area (Å²) in [6, 6.07) is 8.69. The SMILES string of the molecule is Cn1ccnc1[C@@H](Nc1ccc(S(=O)(=O)NC(C)(C)C)cc1[N+](=O)[O-])c1cccc(F)c1. The molecule has 3 aromatic rings. The van der Waals surface area contributed by atoms with Gasteiger partial charge in [-0.1, -0.05) is 12.1 Å². The first-order valence-electron chi connectivity index (χ1n) is 9.69. The molecule has 2 N–H and O–H groups in total. The van der Waals surface area contributed by atoms with E-state index in [1.54, 1.807) is 50.8 Å². The van der Waals surface area contributed by atoms with Crippen LogP contribution in [0.3, 0.4) is 0 Å². The lowest BCUT2D eigenvalue weighted by Gasteiger charge is -2.22. The van der Waals surface area contributed by atoms with Gasteiger partial charge in [-0.3, -0.25) is 10.1 Å². The number of nitro benzene ring substituents is 1. The molecule has 1 aromatic heterocycles. The van der Waals surface area contributed by atoms with E-state index in [0.29, 0.717) is 11.4 Å². The van der Waals surface area contributed by atoms with Crippen molar-refractivity contribution < 1.29 is 17.7 Å². The van der Waals surface area contributed by atoms with Crippen molar-refractivity contribution in [2.75, 3.05) is 5.32 Å². The fraction of sp³-hybridized carbons (Fsp3) is 0.286. The highest BCUT2D eigenvalue weighted by atomic mass is 32.2. The summed E-state index contributed by atoms with van der Waals surface area (Å²) in [5.74, 6) is 0.0312. The van der Waals surface area contributed by atoms with Crippen molar-refractivity contribution in [3.8, 4) is 0 Å². The van der Waals surface area contributed by atoms with Gasteiger partial charge in [0.2, 0.25) is 10.0 Å². The largest absolute Gasteiger partial charge is 0.366 e. The predicted octanol–water partition coefficient (Wildman–Crippen LogP) is 3.75. The molecule has 0 radical (unpaired) electrons. The van der Waals surface area contributed by atoms with Crippen molar-refractivity contribution in [1.82, 2.24) is 14.3 Å². The zero-order valence-electron chi connectivity index (χ0n) is 18.0. The number of imidazole rings is 1. The highest BCUT2D eigenvalue weighted by molar-refractivity contribution is 7.89. The number of benzene rings is 2. The molecule has 0 unspecified atom stereocenters. The topological polar surface area (TPSA) is 119 Å². The Hall–Kier alpha value is -3.31. The van der Waals surface area contributed by atoms with Crippen LogP contribution in [0.1, 0.15) is 38.2 Å². The summed E-state index contributed by atoms with van der Waals surface area (Å²) in [4.78, 5) is 15.2. The molecule has 170 valence electrons. The fourth-order valence-electron chi connectivity index (χ4n) is 3.21. The van der Waals surface area contributed by atoms with Crippen LogP contribution < -0.4 is 10.0 Å². The number of hydrogen-bond donors (Lipinski definition) is 2. The summed E-state index contributed by atoms with van der Waals surface area (Å²) in [6.45, 7) is 5.02. The van der Waals surface area contributed by atoms with Gasteiger partial charge < -0.3 is 9.88 Å². The van der Waals surface area contributed by atoms with Crippen molar-refractivity contribution in [1.29, 1.82) is 0 Å². The van der Waals surface area contributed by atoms with Crippen molar-refractivity contribution in [3.63, 3.8) is 0 Å². The maximum atomic E-state index is 13.9. The second-order valence-corrected chi connectivity index (χ2v) is 10.0. The number of anilines is 1. The van der Waals surface area contributed by atoms with Crippen LogP contribution in [0.5, 0.6) is 0 Å². The van der Waals surface area contributed by atoms with Gasteiger partial charge in [0.05, 0.1) is 9.82 Å². The molecule has 3 rings (SSSR count). The third-order valence-corrected chi connectivity index (χ3v) is 6.27. The molecule has 0 fully saturated rings. The Morgan fingerprint density at radius 1 is 1.19 bits per heavy atom. The van der Waals surface area contributed by atoms with Crippen LogP contribution in [-0.4, -0.2) is 28.4 Å². The minimum atomic E-state index is -3.98. The van der Waals surface area contributed by atoms with Gasteiger partial charge in [-0.15, -0.1) is 0 Å². The summed E-state index contributed by atoms with van der Waals surface area (Å²) < 4.78 is 43.4. The summed E-state index contributed by atoms with van der Waals surface area (Å²) >= 11 is 0. The van der Waals surface area contributed by atoms with Crippen LogP contribution in [0.25, 0.3) is 0 Å². The van der Waals surface area contributed by atoms with Gasteiger partial charge in [0.25, 0.3) is 5.69 Å². The summed E-state index contributed by atoms with van der Waals surface area (Å²) in [5.41, 5.74) is -0.621. The van der Waals surface area contributed by atoms with Gasteiger partial charge in [0.1, 0.15) is 23.4 Å². The highest BCUT2D eigenvalue weighted by Crippen LogP contribution is 2.33. The van der Waals surface area contributed by atoms with E-state index >= 15 is 0 Å². The maximum absolute atomic E-state index is 13.9. The highest BCUT2D eigenvalue weighted by Gasteiger charge is 2.27. The number of aryl methyl sites for hydroxylation is 1. The number of nitrogens with one attached hydrogen (secondary N) is 2. The Kier molecular flexibility index (Phi) is 6.33. The van der Waals surface area contributed by atoms with Gasteiger partial charge in [-0.05, 0) is 50.6 Å². The molecular weight excluding hydrogens is 437 g/mol. The first-order chi connectivity index (χ1) is 14.9. The van der Waals surface area contributed by atoms with Gasteiger partial charge in [-0.2, -0.15) is 0 Å². The van der Waals surface area contributed by atoms with Crippen LogP contribution in [0, 0.1) is 15.9 Å². The van der Waals surface area contributed by atoms with E-state index in [1.165, 1.54) is 30.3 Å². The number of nitro groups is 1. The molecule has 9 nitrogen and oxygen atoms in total. The molecule has 0 spiro atoms. The molecular formula is C21H24FN5O4S. The summed E-state index contributed by atoms with van der Waals surface area (Å²) in [7, 11) is -2.23. The van der Waals surface area contributed by atoms with Crippen LogP contribution in [0.2, 0.25) is 0 Å². The molecule has 2 aromatic carbocycles. The van der Waals surface area contributed by atoms with Gasteiger partial charge in [0.15, 0.2) is 0 Å². The Morgan fingerprint density at radius 3 is 2.47 bits per heavy atom. The maximum Gasteiger partial charge on any atom is 0.293 e. The van der Waals surface area contributed by atoms with Gasteiger partial charge in [-0.25, -0.2) is 22.5 Å². The minimum absolute atomic E-state index is 0.0713. The molecule has 0 bridgehead atoms. The molecule has 1 heterocycles. The summed E-state index contributed by atoms with van der Waals surface area (Å²) in [5, 5.41) is 14.8. The number of nitrogens with zero attached hydrogens (tertiary/aromatic N) is 3. The molecule has 0 amide bonds. The second kappa shape index (κ2) is 8.67. The molecule has 32 heavy (non-hydrogen) atoms. The lowest BCUT2D eigenvalue weighted by Crippen LogP contribution is -2.40. The third-order valence-electron chi connectivity index (χ3n) is 4.52. The summed E-state index contributed by atoms with van der Waals surface area (Å²) in [6.07, 6.45) is 3.26. The van der Waals surface area contributed by atoms with E-state index < -0.39 is 38.0 Å². The predicted molar refractivity (Wildman–Crippen MR) is 118 cm³/mol. The van der Waals surface area contributed by atoms with E-state index in [9.17, 15) is 22.9 Å². The van der Waals surface area contributed by atoms with Crippen molar-refractivity contribution >= 4 is 21.4 Å². The smallest absolute Gasteiger partial charge is 0.293 e. The van der Waals surface area contributed by atoms with Crippen LogP contribution in [0.15, 0.2) is 59.8 Å². The van der Waals surface area contributed by atoms with E-state index in [-0.39, 0.29) is 10.6 Å². The number of sulfonamides is 1. The van der Waals surface area contributed by atoms with Crippen molar-refractivity contribution in [2.24, 2.45) is 7.05 Å². The Morgan fingerprint density at radius 2 is 1.91 bits per heavy atom.